The molecule has 1 aliphatic heterocycles. The van der Waals surface area contributed by atoms with Crippen molar-refractivity contribution < 1.29 is 9.53 Å². The van der Waals surface area contributed by atoms with E-state index in [9.17, 15) is 4.79 Å². The fourth-order valence-corrected chi connectivity index (χ4v) is 5.22. The Bertz CT molecular complexity index is 1110. The number of halogens is 1. The van der Waals surface area contributed by atoms with E-state index in [0.29, 0.717) is 13.0 Å². The number of ether oxygens (including phenoxy) is 1. The molecule has 0 aliphatic carbocycles. The molecule has 4 rings (SSSR count). The molecule has 0 unspecified atom stereocenters. The van der Waals surface area contributed by atoms with Gasteiger partial charge < -0.3 is 15.0 Å². The molecule has 5 nitrogen and oxygen atoms in total. The highest BCUT2D eigenvalue weighted by Crippen LogP contribution is 2.30. The first-order valence-electron chi connectivity index (χ1n) is 12.8. The standard InChI is InChI=1S/C30H36BrN3O2/c1-36-26-16-14-25(15-17-26)34-21-19-33(20-22-34)18-8-2-3-13-30(35)32-23-24-9-4-5-10-27(24)28-11-6-7-12-29(28)31/h4-7,9-12,14-17H,2-3,8,13,18-23H2,1H3,(H,32,35). The number of piperazine rings is 1. The van der Waals surface area contributed by atoms with Crippen LogP contribution in [0.3, 0.4) is 0 Å². The lowest BCUT2D eigenvalue weighted by Gasteiger charge is -2.36. The second-order valence-corrected chi connectivity index (χ2v) is 10.1. The first-order valence-corrected chi connectivity index (χ1v) is 13.6. The second-order valence-electron chi connectivity index (χ2n) is 9.25. The number of hydrogen-bond donors (Lipinski definition) is 1. The number of benzene rings is 3. The molecule has 36 heavy (non-hydrogen) atoms. The van der Waals surface area contributed by atoms with Gasteiger partial charge in [0.25, 0.3) is 0 Å². The number of unbranched alkanes of at least 4 members (excludes halogenated alkanes) is 2. The highest BCUT2D eigenvalue weighted by molar-refractivity contribution is 9.10. The van der Waals surface area contributed by atoms with Gasteiger partial charge in [-0.05, 0) is 66.4 Å². The van der Waals surface area contributed by atoms with Gasteiger partial charge in [-0.2, -0.15) is 0 Å². The Morgan fingerprint density at radius 3 is 2.28 bits per heavy atom. The van der Waals surface area contributed by atoms with Crippen LogP contribution in [0, 0.1) is 0 Å². The van der Waals surface area contributed by atoms with E-state index in [1.165, 1.54) is 5.69 Å². The van der Waals surface area contributed by atoms with Gasteiger partial charge in [0.05, 0.1) is 7.11 Å². The molecule has 1 aliphatic rings. The molecule has 190 valence electrons. The molecule has 1 fully saturated rings. The topological polar surface area (TPSA) is 44.8 Å². The van der Waals surface area contributed by atoms with Crippen LogP contribution in [0.15, 0.2) is 77.3 Å². The van der Waals surface area contributed by atoms with Crippen molar-refractivity contribution in [3.63, 3.8) is 0 Å². The highest BCUT2D eigenvalue weighted by Gasteiger charge is 2.17. The number of carbonyl (C=O) groups excluding carboxylic acids is 1. The monoisotopic (exact) mass is 549 g/mol. The Balaban J connectivity index is 1.12. The van der Waals surface area contributed by atoms with Crippen molar-refractivity contribution in [2.45, 2.75) is 32.2 Å². The van der Waals surface area contributed by atoms with Crippen LogP contribution in [0.25, 0.3) is 11.1 Å². The Morgan fingerprint density at radius 1 is 0.861 bits per heavy atom. The third-order valence-corrected chi connectivity index (χ3v) is 7.54. The zero-order valence-electron chi connectivity index (χ0n) is 21.1. The van der Waals surface area contributed by atoms with Crippen LogP contribution >= 0.6 is 15.9 Å². The van der Waals surface area contributed by atoms with Crippen LogP contribution in [0.4, 0.5) is 5.69 Å². The number of methoxy groups -OCH3 is 1. The first kappa shape index (κ1) is 26.2. The maximum absolute atomic E-state index is 12.5. The molecule has 0 atom stereocenters. The number of amides is 1. The molecule has 0 saturated carbocycles. The van der Waals surface area contributed by atoms with Crippen molar-refractivity contribution in [3.05, 3.63) is 82.8 Å². The fourth-order valence-electron chi connectivity index (χ4n) is 4.72. The predicted molar refractivity (Wildman–Crippen MR) is 152 cm³/mol. The van der Waals surface area contributed by atoms with Crippen molar-refractivity contribution in [3.8, 4) is 16.9 Å². The zero-order chi connectivity index (χ0) is 25.2. The van der Waals surface area contributed by atoms with Crippen LogP contribution in [0.1, 0.15) is 31.2 Å². The lowest BCUT2D eigenvalue weighted by atomic mass is 9.99. The fraction of sp³-hybridized carbons (Fsp3) is 0.367. The van der Waals surface area contributed by atoms with Gasteiger partial charge in [-0.1, -0.05) is 64.8 Å². The number of nitrogens with one attached hydrogen (secondary N) is 1. The summed E-state index contributed by atoms with van der Waals surface area (Å²) in [6.07, 6.45) is 3.74. The van der Waals surface area contributed by atoms with E-state index >= 15 is 0 Å². The van der Waals surface area contributed by atoms with Gasteiger partial charge >= 0.3 is 0 Å². The molecule has 0 aromatic heterocycles. The summed E-state index contributed by atoms with van der Waals surface area (Å²) in [6.45, 7) is 5.94. The Labute approximate surface area is 223 Å². The predicted octanol–water partition coefficient (Wildman–Crippen LogP) is 6.12. The average Bonchev–Trinajstić information content (AvgIpc) is 2.93. The molecule has 0 radical (unpaired) electrons. The SMILES string of the molecule is COc1ccc(N2CCN(CCCCCC(=O)NCc3ccccc3-c3ccccc3Br)CC2)cc1. The molecule has 1 N–H and O–H groups in total. The van der Waals surface area contributed by atoms with Gasteiger partial charge in [0.15, 0.2) is 0 Å². The van der Waals surface area contributed by atoms with Crippen LogP contribution in [-0.2, 0) is 11.3 Å². The Morgan fingerprint density at radius 2 is 1.56 bits per heavy atom. The van der Waals surface area contributed by atoms with Crippen molar-refractivity contribution in [1.29, 1.82) is 0 Å². The largest absolute Gasteiger partial charge is 0.497 e. The van der Waals surface area contributed by atoms with E-state index in [-0.39, 0.29) is 5.91 Å². The van der Waals surface area contributed by atoms with E-state index in [1.807, 2.05) is 42.5 Å². The molecule has 0 bridgehead atoms. The number of carbonyl (C=O) groups is 1. The van der Waals surface area contributed by atoms with Gasteiger partial charge in [0.1, 0.15) is 5.75 Å². The van der Waals surface area contributed by atoms with Gasteiger partial charge in [-0.25, -0.2) is 0 Å². The quantitative estimate of drug-likeness (QED) is 0.292. The van der Waals surface area contributed by atoms with Gasteiger partial charge in [0, 0.05) is 49.3 Å². The zero-order valence-corrected chi connectivity index (χ0v) is 22.7. The summed E-state index contributed by atoms with van der Waals surface area (Å²) in [5.41, 5.74) is 4.69. The number of hydrogen-bond acceptors (Lipinski definition) is 4. The summed E-state index contributed by atoms with van der Waals surface area (Å²) >= 11 is 3.65. The molecule has 3 aromatic rings. The minimum absolute atomic E-state index is 0.130. The smallest absolute Gasteiger partial charge is 0.220 e. The van der Waals surface area contributed by atoms with Crippen molar-refractivity contribution in [2.24, 2.45) is 0 Å². The van der Waals surface area contributed by atoms with Crippen molar-refractivity contribution in [1.82, 2.24) is 10.2 Å². The summed E-state index contributed by atoms with van der Waals surface area (Å²) in [7, 11) is 1.70. The van der Waals surface area contributed by atoms with Crippen LogP contribution in [0.2, 0.25) is 0 Å². The molecule has 1 saturated heterocycles. The first-order chi connectivity index (χ1) is 17.6. The van der Waals surface area contributed by atoms with E-state index in [0.717, 1.165) is 78.9 Å². The molecule has 0 spiro atoms. The van der Waals surface area contributed by atoms with Crippen LogP contribution in [0.5, 0.6) is 5.75 Å². The maximum Gasteiger partial charge on any atom is 0.220 e. The molecule has 1 heterocycles. The molecule has 6 heteroatoms. The third-order valence-electron chi connectivity index (χ3n) is 6.85. The maximum atomic E-state index is 12.5. The molecular formula is C30H36BrN3O2. The van der Waals surface area contributed by atoms with Crippen molar-refractivity contribution in [2.75, 3.05) is 44.7 Å². The van der Waals surface area contributed by atoms with Gasteiger partial charge in [-0.3, -0.25) is 9.69 Å². The lowest BCUT2D eigenvalue weighted by molar-refractivity contribution is -0.121. The minimum atomic E-state index is 0.130. The summed E-state index contributed by atoms with van der Waals surface area (Å²) in [6, 6.07) is 24.8. The van der Waals surface area contributed by atoms with Gasteiger partial charge in [0.2, 0.25) is 5.91 Å². The van der Waals surface area contributed by atoms with E-state index in [2.05, 4.69) is 61.4 Å². The third kappa shape index (κ3) is 7.34. The Kier molecular flexibility index (Phi) is 9.82. The van der Waals surface area contributed by atoms with E-state index in [1.54, 1.807) is 7.11 Å². The Hall–Kier alpha value is -2.83. The number of rotatable bonds is 11. The van der Waals surface area contributed by atoms with Gasteiger partial charge in [-0.15, -0.1) is 0 Å². The second kappa shape index (κ2) is 13.5. The number of anilines is 1. The number of nitrogens with zero attached hydrogens (tertiary/aromatic N) is 2. The van der Waals surface area contributed by atoms with Crippen molar-refractivity contribution >= 4 is 27.5 Å². The summed E-state index contributed by atoms with van der Waals surface area (Å²) in [4.78, 5) is 17.4. The summed E-state index contributed by atoms with van der Waals surface area (Å²) in [5, 5.41) is 3.12. The molecular weight excluding hydrogens is 514 g/mol. The normalized spacial score (nSPS) is 14.0. The summed E-state index contributed by atoms with van der Waals surface area (Å²) < 4.78 is 6.32. The lowest BCUT2D eigenvalue weighted by Crippen LogP contribution is -2.46. The minimum Gasteiger partial charge on any atom is -0.497 e. The molecule has 3 aromatic carbocycles. The average molecular weight is 551 g/mol. The molecule has 1 amide bonds. The van der Waals surface area contributed by atoms with Crippen LogP contribution in [-0.4, -0.2) is 50.6 Å². The van der Waals surface area contributed by atoms with Crippen LogP contribution < -0.4 is 15.0 Å². The van der Waals surface area contributed by atoms with E-state index < -0.39 is 0 Å². The highest BCUT2D eigenvalue weighted by atomic mass is 79.9. The van der Waals surface area contributed by atoms with E-state index in [4.69, 9.17) is 4.74 Å². The summed E-state index contributed by atoms with van der Waals surface area (Å²) in [5.74, 6) is 1.03.